The van der Waals surface area contributed by atoms with Crippen molar-refractivity contribution in [3.63, 3.8) is 0 Å². The van der Waals surface area contributed by atoms with Gasteiger partial charge in [0.05, 0.1) is 22.9 Å². The number of thioether (sulfide) groups is 1. The van der Waals surface area contributed by atoms with E-state index in [0.717, 1.165) is 18.4 Å². The molecule has 0 spiro atoms. The normalized spacial score (nSPS) is 12.2. The summed E-state index contributed by atoms with van der Waals surface area (Å²) in [5.41, 5.74) is 0.739. The number of nitriles is 1. The molecular weight excluding hydrogens is 282 g/mol. The number of benzene rings is 1. The Balaban J connectivity index is 2.45. The summed E-state index contributed by atoms with van der Waals surface area (Å²) in [5.74, 6) is 0.589. The minimum Gasteiger partial charge on any atom is -0.287 e. The van der Waals surface area contributed by atoms with Crippen LogP contribution in [0, 0.1) is 17.2 Å². The Morgan fingerprint density at radius 3 is 2.90 bits per heavy atom. The molecule has 1 aromatic carbocycles. The van der Waals surface area contributed by atoms with Gasteiger partial charge in [0.1, 0.15) is 0 Å². The van der Waals surface area contributed by atoms with Crippen molar-refractivity contribution in [1.29, 1.82) is 5.26 Å². The van der Waals surface area contributed by atoms with Crippen molar-refractivity contribution < 1.29 is 0 Å². The molecular formula is C16H19N3OS. The minimum atomic E-state index is -0.0574. The van der Waals surface area contributed by atoms with Gasteiger partial charge in [-0.2, -0.15) is 5.26 Å². The average Bonchev–Trinajstić information content (AvgIpc) is 2.52. The third-order valence-electron chi connectivity index (χ3n) is 3.24. The van der Waals surface area contributed by atoms with Crippen molar-refractivity contribution in [1.82, 2.24) is 9.55 Å². The lowest BCUT2D eigenvalue weighted by Crippen LogP contribution is -2.23. The summed E-state index contributed by atoms with van der Waals surface area (Å²) >= 11 is 1.49. The fourth-order valence-corrected chi connectivity index (χ4v) is 2.97. The van der Waals surface area contributed by atoms with Gasteiger partial charge >= 0.3 is 0 Å². The highest BCUT2D eigenvalue weighted by molar-refractivity contribution is 7.99. The molecule has 0 aliphatic carbocycles. The second-order valence-electron chi connectivity index (χ2n) is 5.06. The molecule has 0 N–H and O–H groups in total. The van der Waals surface area contributed by atoms with Gasteiger partial charge in [-0.3, -0.25) is 9.36 Å². The predicted octanol–water partition coefficient (Wildman–Crippen LogP) is 3.45. The Morgan fingerprint density at radius 2 is 2.19 bits per heavy atom. The van der Waals surface area contributed by atoms with Crippen molar-refractivity contribution in [3.8, 4) is 6.07 Å². The van der Waals surface area contributed by atoms with E-state index in [-0.39, 0.29) is 11.5 Å². The van der Waals surface area contributed by atoms with E-state index in [0.29, 0.717) is 22.8 Å². The number of nitrogens with zero attached hydrogens (tertiary/aromatic N) is 3. The van der Waals surface area contributed by atoms with E-state index < -0.39 is 0 Å². The minimum absolute atomic E-state index is 0.0150. The van der Waals surface area contributed by atoms with Crippen LogP contribution in [-0.2, 0) is 6.54 Å². The summed E-state index contributed by atoms with van der Waals surface area (Å²) in [5, 5.41) is 10.3. The molecule has 1 aromatic heterocycles. The van der Waals surface area contributed by atoms with Gasteiger partial charge in [0.2, 0.25) is 0 Å². The molecule has 5 heteroatoms. The molecule has 0 aliphatic heterocycles. The summed E-state index contributed by atoms with van der Waals surface area (Å²) in [6.45, 7) is 4.66. The standard InChI is InChI=1S/C16H19N3OS/c1-3-4-9-19-15(20)13-7-5-6-8-14(13)18-16(19)21-11-12(2)10-17/h5-8,12H,3-4,9,11H2,1-2H3/t12-/m1/s1. The Kier molecular flexibility index (Phi) is 5.40. The van der Waals surface area contributed by atoms with Gasteiger partial charge in [-0.1, -0.05) is 37.2 Å². The molecule has 4 nitrogen and oxygen atoms in total. The number of hydrogen-bond acceptors (Lipinski definition) is 4. The van der Waals surface area contributed by atoms with Crippen LogP contribution >= 0.6 is 11.8 Å². The fourth-order valence-electron chi connectivity index (χ4n) is 2.01. The molecule has 0 amide bonds. The molecule has 0 saturated heterocycles. The van der Waals surface area contributed by atoms with E-state index in [1.807, 2.05) is 31.2 Å². The second kappa shape index (κ2) is 7.28. The lowest BCUT2D eigenvalue weighted by atomic mass is 10.2. The van der Waals surface area contributed by atoms with E-state index in [4.69, 9.17) is 5.26 Å². The molecule has 0 radical (unpaired) electrons. The van der Waals surface area contributed by atoms with Crippen LogP contribution in [-0.4, -0.2) is 15.3 Å². The topological polar surface area (TPSA) is 58.7 Å². The molecule has 0 fully saturated rings. The highest BCUT2D eigenvalue weighted by atomic mass is 32.2. The number of para-hydroxylation sites is 1. The SMILES string of the molecule is CCCCn1c(SC[C@H](C)C#N)nc2ccccc2c1=O. The third-order valence-corrected chi connectivity index (χ3v) is 4.48. The van der Waals surface area contributed by atoms with Crippen LogP contribution in [0.2, 0.25) is 0 Å². The third kappa shape index (κ3) is 3.64. The first-order valence-electron chi connectivity index (χ1n) is 7.19. The average molecular weight is 301 g/mol. The molecule has 2 aromatic rings. The summed E-state index contributed by atoms with van der Waals surface area (Å²) in [6, 6.07) is 9.64. The number of aromatic nitrogens is 2. The molecule has 0 saturated carbocycles. The van der Waals surface area contributed by atoms with Gasteiger partial charge in [0.15, 0.2) is 5.16 Å². The molecule has 110 valence electrons. The number of unbranched alkanes of at least 4 members (excludes halogenated alkanes) is 1. The summed E-state index contributed by atoms with van der Waals surface area (Å²) in [4.78, 5) is 17.2. The first-order chi connectivity index (χ1) is 10.2. The highest BCUT2D eigenvalue weighted by Gasteiger charge is 2.12. The van der Waals surface area contributed by atoms with Crippen molar-refractivity contribution in [2.75, 3.05) is 5.75 Å². The van der Waals surface area contributed by atoms with E-state index in [2.05, 4.69) is 18.0 Å². The molecule has 21 heavy (non-hydrogen) atoms. The summed E-state index contributed by atoms with van der Waals surface area (Å²) in [6.07, 6.45) is 1.97. The van der Waals surface area contributed by atoms with Crippen molar-refractivity contribution in [2.24, 2.45) is 5.92 Å². The molecule has 0 bridgehead atoms. The maximum absolute atomic E-state index is 12.6. The summed E-state index contributed by atoms with van der Waals surface area (Å²) < 4.78 is 1.75. The number of hydrogen-bond donors (Lipinski definition) is 0. The zero-order valence-corrected chi connectivity index (χ0v) is 13.2. The van der Waals surface area contributed by atoms with Crippen LogP contribution in [0.3, 0.4) is 0 Å². The van der Waals surface area contributed by atoms with Crippen molar-refractivity contribution >= 4 is 22.7 Å². The van der Waals surface area contributed by atoms with Crippen LogP contribution < -0.4 is 5.56 Å². The Morgan fingerprint density at radius 1 is 1.43 bits per heavy atom. The quantitative estimate of drug-likeness (QED) is 0.605. The van der Waals surface area contributed by atoms with Gasteiger partial charge < -0.3 is 0 Å². The Labute approximate surface area is 128 Å². The Bertz CT molecular complexity index is 718. The van der Waals surface area contributed by atoms with Gasteiger partial charge in [0.25, 0.3) is 5.56 Å². The first-order valence-corrected chi connectivity index (χ1v) is 8.18. The van der Waals surface area contributed by atoms with Gasteiger partial charge in [-0.25, -0.2) is 4.98 Å². The molecule has 1 heterocycles. The van der Waals surface area contributed by atoms with Crippen molar-refractivity contribution in [2.45, 2.75) is 38.4 Å². The van der Waals surface area contributed by atoms with Crippen LogP contribution in [0.15, 0.2) is 34.2 Å². The van der Waals surface area contributed by atoms with Crippen LogP contribution in [0.5, 0.6) is 0 Å². The zero-order chi connectivity index (χ0) is 15.2. The second-order valence-corrected chi connectivity index (χ2v) is 6.05. The predicted molar refractivity (Wildman–Crippen MR) is 86.4 cm³/mol. The zero-order valence-electron chi connectivity index (χ0n) is 12.4. The lowest BCUT2D eigenvalue weighted by molar-refractivity contribution is 0.557. The fraction of sp³-hybridized carbons (Fsp3) is 0.438. The van der Waals surface area contributed by atoms with Crippen LogP contribution in [0.4, 0.5) is 0 Å². The van der Waals surface area contributed by atoms with E-state index in [1.54, 1.807) is 4.57 Å². The van der Waals surface area contributed by atoms with E-state index >= 15 is 0 Å². The molecule has 1 atom stereocenters. The Hall–Kier alpha value is -1.80. The maximum atomic E-state index is 12.6. The van der Waals surface area contributed by atoms with Gasteiger partial charge in [-0.15, -0.1) is 0 Å². The van der Waals surface area contributed by atoms with Crippen molar-refractivity contribution in [3.05, 3.63) is 34.6 Å². The summed E-state index contributed by atoms with van der Waals surface area (Å²) in [7, 11) is 0. The van der Waals surface area contributed by atoms with E-state index in [1.165, 1.54) is 11.8 Å². The molecule has 0 unspecified atom stereocenters. The van der Waals surface area contributed by atoms with Crippen LogP contribution in [0.25, 0.3) is 10.9 Å². The monoisotopic (exact) mass is 301 g/mol. The van der Waals surface area contributed by atoms with Gasteiger partial charge in [0, 0.05) is 12.3 Å². The lowest BCUT2D eigenvalue weighted by Gasteiger charge is -2.13. The smallest absolute Gasteiger partial charge is 0.262 e. The van der Waals surface area contributed by atoms with Crippen LogP contribution in [0.1, 0.15) is 26.7 Å². The highest BCUT2D eigenvalue weighted by Crippen LogP contribution is 2.20. The van der Waals surface area contributed by atoms with E-state index in [9.17, 15) is 4.79 Å². The number of rotatable bonds is 6. The largest absolute Gasteiger partial charge is 0.287 e. The first kappa shape index (κ1) is 15.6. The maximum Gasteiger partial charge on any atom is 0.262 e. The molecule has 0 aliphatic rings. The van der Waals surface area contributed by atoms with Gasteiger partial charge in [-0.05, 0) is 25.5 Å². The molecule has 2 rings (SSSR count). The number of fused-ring (bicyclic) bond motifs is 1.